The number of hydrogen-bond acceptors (Lipinski definition) is 5. The second-order valence-electron chi connectivity index (χ2n) is 8.70. The predicted molar refractivity (Wildman–Crippen MR) is 122 cm³/mol. The second kappa shape index (κ2) is 7.60. The zero-order valence-corrected chi connectivity index (χ0v) is 17.8. The fourth-order valence-electron chi connectivity index (χ4n) is 4.99. The first-order valence-corrected chi connectivity index (χ1v) is 10.8. The molecule has 0 bridgehead atoms. The topological polar surface area (TPSA) is 74.1 Å². The van der Waals surface area contributed by atoms with Crippen LogP contribution in [0.25, 0.3) is 11.0 Å². The van der Waals surface area contributed by atoms with Crippen molar-refractivity contribution in [2.75, 3.05) is 18.8 Å². The van der Waals surface area contributed by atoms with Gasteiger partial charge in [-0.15, -0.1) is 0 Å². The Hall–Kier alpha value is -3.36. The predicted octanol–water partition coefficient (Wildman–Crippen LogP) is 3.94. The fourth-order valence-corrected chi connectivity index (χ4v) is 4.99. The van der Waals surface area contributed by atoms with Gasteiger partial charge >= 0.3 is 0 Å². The monoisotopic (exact) mass is 448 g/mol. The van der Waals surface area contributed by atoms with E-state index in [4.69, 9.17) is 7.10 Å². The fraction of sp³-hybridized carbons (Fsp3) is 0.280. The first-order valence-electron chi connectivity index (χ1n) is 12.0. The third-order valence-corrected chi connectivity index (χ3v) is 6.58. The summed E-state index contributed by atoms with van der Waals surface area (Å²) in [7, 11) is 0. The molecule has 4 aromatic rings. The Kier molecular flexibility index (Phi) is 4.17. The minimum absolute atomic E-state index is 0.156. The largest absolute Gasteiger partial charge is 0.381 e. The molecule has 168 valence electrons. The number of pyridine rings is 2. The number of nitrogens with two attached hydrogens (primary N) is 1. The summed E-state index contributed by atoms with van der Waals surface area (Å²) in [4.78, 5) is 15.7. The molecule has 1 aromatic carbocycles. The lowest BCUT2D eigenvalue weighted by molar-refractivity contribution is 0.0950. The summed E-state index contributed by atoms with van der Waals surface area (Å²) in [6.07, 6.45) is 4.11. The third kappa shape index (κ3) is 3.46. The Bertz CT molecular complexity index is 1370. The molecule has 2 unspecified atom stereocenters. The number of aromatic amines is 1. The zero-order valence-electron chi connectivity index (χ0n) is 19.8. The number of benzene rings is 1. The summed E-state index contributed by atoms with van der Waals surface area (Å²) in [6, 6.07) is 11.3. The minimum atomic E-state index is -0.745. The van der Waals surface area contributed by atoms with Gasteiger partial charge in [-0.2, -0.15) is 0 Å². The highest BCUT2D eigenvalue weighted by molar-refractivity contribution is 5.77. The number of anilines is 1. The van der Waals surface area contributed by atoms with Gasteiger partial charge in [0.1, 0.15) is 5.82 Å². The SMILES string of the molecule is [2H]C1N(Cc2ccc(F)cc2)CCC12c1cnccc1[C@@H]([2H])N2Cc1cc2nc(N)c(F)cc2[nH]1. The lowest BCUT2D eigenvalue weighted by Crippen LogP contribution is -2.43. The number of likely N-dealkylation sites (tertiary alicyclic amines) is 1. The number of nitrogen functional groups attached to an aromatic ring is 1. The van der Waals surface area contributed by atoms with E-state index in [1.807, 2.05) is 17.0 Å². The van der Waals surface area contributed by atoms with E-state index in [1.165, 1.54) is 18.2 Å². The maximum absolute atomic E-state index is 13.9. The van der Waals surface area contributed by atoms with Gasteiger partial charge in [-0.1, -0.05) is 12.1 Å². The Morgan fingerprint density at radius 3 is 2.85 bits per heavy atom. The van der Waals surface area contributed by atoms with Crippen LogP contribution >= 0.6 is 0 Å². The molecule has 0 aliphatic carbocycles. The van der Waals surface area contributed by atoms with Gasteiger partial charge in [0.15, 0.2) is 11.6 Å². The molecule has 0 saturated carbocycles. The van der Waals surface area contributed by atoms with Crippen LogP contribution < -0.4 is 5.73 Å². The van der Waals surface area contributed by atoms with Crippen molar-refractivity contribution in [1.82, 2.24) is 24.8 Å². The molecule has 6 rings (SSSR count). The highest BCUT2D eigenvalue weighted by atomic mass is 19.1. The smallest absolute Gasteiger partial charge is 0.167 e. The lowest BCUT2D eigenvalue weighted by atomic mass is 9.90. The molecule has 2 aliphatic heterocycles. The molecule has 8 heteroatoms. The first-order chi connectivity index (χ1) is 16.9. The van der Waals surface area contributed by atoms with Gasteiger partial charge in [0.2, 0.25) is 0 Å². The normalized spacial score (nSPS) is 26.1. The van der Waals surface area contributed by atoms with Gasteiger partial charge < -0.3 is 10.7 Å². The summed E-state index contributed by atoms with van der Waals surface area (Å²) in [5.41, 5.74) is 9.41. The van der Waals surface area contributed by atoms with Gasteiger partial charge in [-0.3, -0.25) is 14.8 Å². The Balaban J connectivity index is 1.37. The van der Waals surface area contributed by atoms with Crippen LogP contribution in [0.2, 0.25) is 0 Å². The molecular formula is C25H24F2N6. The Morgan fingerprint density at radius 2 is 2.00 bits per heavy atom. The van der Waals surface area contributed by atoms with Gasteiger partial charge in [-0.05, 0) is 47.4 Å². The summed E-state index contributed by atoms with van der Waals surface area (Å²) < 4.78 is 45.7. The van der Waals surface area contributed by atoms with Crippen molar-refractivity contribution in [3.63, 3.8) is 0 Å². The Labute approximate surface area is 192 Å². The standard InChI is InChI=1S/C25H24F2N6/c26-18-3-1-16(2-4-18)12-32-8-6-25(15-32)20-11-29-7-5-17(20)13-33(25)14-19-9-22-23(30-19)10-21(27)24(28)31-22/h1-5,7,9-11,30H,6,8,12-15H2,(H2,28,31)/i13D,15D/t13-,15?,25?/m1/s1. The molecule has 1 saturated heterocycles. The molecule has 3 N–H and O–H groups in total. The molecule has 1 fully saturated rings. The molecule has 1 spiro atoms. The minimum Gasteiger partial charge on any atom is -0.381 e. The third-order valence-electron chi connectivity index (χ3n) is 6.58. The number of nitrogens with one attached hydrogen (secondary N) is 1. The van der Waals surface area contributed by atoms with Crippen molar-refractivity contribution in [2.45, 2.75) is 31.6 Å². The molecule has 5 heterocycles. The maximum Gasteiger partial charge on any atom is 0.167 e. The summed E-state index contributed by atoms with van der Waals surface area (Å²) >= 11 is 0. The van der Waals surface area contributed by atoms with Crippen molar-refractivity contribution in [3.8, 4) is 0 Å². The van der Waals surface area contributed by atoms with E-state index in [0.717, 1.165) is 22.4 Å². The average Bonchev–Trinajstić information content (AvgIpc) is 3.46. The van der Waals surface area contributed by atoms with E-state index in [0.29, 0.717) is 37.1 Å². The van der Waals surface area contributed by atoms with Gasteiger partial charge in [0.25, 0.3) is 0 Å². The van der Waals surface area contributed by atoms with Crippen LogP contribution in [0, 0.1) is 11.6 Å². The van der Waals surface area contributed by atoms with Crippen molar-refractivity contribution in [1.29, 1.82) is 0 Å². The summed E-state index contributed by atoms with van der Waals surface area (Å²) in [6.45, 7) is 0.158. The summed E-state index contributed by atoms with van der Waals surface area (Å²) in [5.74, 6) is -1.03. The molecular weight excluding hydrogens is 422 g/mol. The molecule has 3 aromatic heterocycles. The number of fused-ring (bicyclic) bond motifs is 3. The van der Waals surface area contributed by atoms with Crippen molar-refractivity contribution >= 4 is 16.9 Å². The van der Waals surface area contributed by atoms with Gasteiger partial charge in [0, 0.05) is 59.6 Å². The quantitative estimate of drug-likeness (QED) is 0.495. The lowest BCUT2D eigenvalue weighted by Gasteiger charge is -2.35. The molecule has 2 aliphatic rings. The van der Waals surface area contributed by atoms with Crippen LogP contribution in [0.1, 0.15) is 31.5 Å². The van der Waals surface area contributed by atoms with Gasteiger partial charge in [-0.25, -0.2) is 13.8 Å². The molecule has 6 nitrogen and oxygen atoms in total. The molecule has 0 radical (unpaired) electrons. The van der Waals surface area contributed by atoms with Crippen LogP contribution in [0.4, 0.5) is 14.6 Å². The highest BCUT2D eigenvalue weighted by Crippen LogP contribution is 2.46. The van der Waals surface area contributed by atoms with Crippen LogP contribution in [0.15, 0.2) is 54.9 Å². The van der Waals surface area contributed by atoms with Crippen molar-refractivity contribution in [2.24, 2.45) is 0 Å². The van der Waals surface area contributed by atoms with Gasteiger partial charge in [0.05, 0.1) is 16.6 Å². The molecule has 0 amide bonds. The maximum atomic E-state index is 13.9. The van der Waals surface area contributed by atoms with E-state index >= 15 is 0 Å². The highest BCUT2D eigenvalue weighted by Gasteiger charge is 2.49. The van der Waals surface area contributed by atoms with Crippen LogP contribution in [0.3, 0.4) is 0 Å². The second-order valence-corrected chi connectivity index (χ2v) is 8.70. The molecule has 33 heavy (non-hydrogen) atoms. The number of halogens is 2. The van der Waals surface area contributed by atoms with Crippen LogP contribution in [-0.4, -0.2) is 37.8 Å². The zero-order chi connectivity index (χ0) is 24.3. The number of rotatable bonds is 4. The van der Waals surface area contributed by atoms with E-state index in [-0.39, 0.29) is 11.6 Å². The number of nitrogens with zero attached hydrogens (tertiary/aromatic N) is 4. The molecule has 3 atom stereocenters. The van der Waals surface area contributed by atoms with E-state index in [9.17, 15) is 10.2 Å². The Morgan fingerprint density at radius 1 is 1.15 bits per heavy atom. The number of H-pyrrole nitrogens is 1. The van der Waals surface area contributed by atoms with Crippen LogP contribution in [0.5, 0.6) is 0 Å². The van der Waals surface area contributed by atoms with Crippen molar-refractivity contribution in [3.05, 3.63) is 88.9 Å². The average molecular weight is 449 g/mol. The van der Waals surface area contributed by atoms with E-state index in [2.05, 4.69) is 19.9 Å². The first kappa shape index (κ1) is 18.1. The van der Waals surface area contributed by atoms with E-state index in [1.54, 1.807) is 24.5 Å². The number of hydrogen-bond donors (Lipinski definition) is 2. The summed E-state index contributed by atoms with van der Waals surface area (Å²) in [5, 5.41) is 0. The number of aromatic nitrogens is 3. The van der Waals surface area contributed by atoms with Crippen LogP contribution in [-0.2, 0) is 25.1 Å². The van der Waals surface area contributed by atoms with Crippen molar-refractivity contribution < 1.29 is 11.5 Å². The van der Waals surface area contributed by atoms with E-state index < -0.39 is 24.4 Å².